The van der Waals surface area contributed by atoms with Crippen molar-refractivity contribution in [1.29, 1.82) is 0 Å². The third-order valence-corrected chi connectivity index (χ3v) is 2.27. The van der Waals surface area contributed by atoms with Crippen molar-refractivity contribution in [3.05, 3.63) is 48.7 Å². The normalized spacial score (nSPS) is 9.85. The minimum absolute atomic E-state index is 0.117. The van der Waals surface area contributed by atoms with Crippen molar-refractivity contribution < 1.29 is 19.1 Å². The van der Waals surface area contributed by atoms with Crippen LogP contribution in [-0.2, 0) is 9.63 Å². The molecular formula is C14H14N2O4. The summed E-state index contributed by atoms with van der Waals surface area (Å²) in [4.78, 5) is 19.7. The van der Waals surface area contributed by atoms with Gasteiger partial charge in [-0.2, -0.15) is 0 Å². The molecule has 0 saturated carbocycles. The second kappa shape index (κ2) is 7.10. The van der Waals surface area contributed by atoms with E-state index in [1.807, 2.05) is 12.1 Å². The molecule has 0 bridgehead atoms. The predicted molar refractivity (Wildman–Crippen MR) is 71.4 cm³/mol. The van der Waals surface area contributed by atoms with Crippen molar-refractivity contribution in [2.24, 2.45) is 0 Å². The van der Waals surface area contributed by atoms with Gasteiger partial charge in [0.1, 0.15) is 11.5 Å². The van der Waals surface area contributed by atoms with Crippen LogP contribution in [0, 0.1) is 0 Å². The van der Waals surface area contributed by atoms with Crippen LogP contribution in [0.2, 0.25) is 0 Å². The molecule has 2 aromatic rings. The average molecular weight is 274 g/mol. The van der Waals surface area contributed by atoms with Crippen LogP contribution in [0.4, 0.5) is 0 Å². The molecule has 1 aromatic carbocycles. The lowest BCUT2D eigenvalue weighted by molar-refractivity contribution is -0.133. The van der Waals surface area contributed by atoms with Gasteiger partial charge in [0.2, 0.25) is 5.88 Å². The number of benzene rings is 1. The van der Waals surface area contributed by atoms with Crippen LogP contribution >= 0.6 is 0 Å². The van der Waals surface area contributed by atoms with Gasteiger partial charge in [0.25, 0.3) is 5.91 Å². The van der Waals surface area contributed by atoms with Gasteiger partial charge < -0.3 is 9.47 Å². The van der Waals surface area contributed by atoms with Gasteiger partial charge in [-0.25, -0.2) is 10.5 Å². The number of carbonyl (C=O) groups excluding carboxylic acids is 1. The minimum atomic E-state index is -0.360. The summed E-state index contributed by atoms with van der Waals surface area (Å²) in [5.41, 5.74) is 2.16. The number of hydroxylamine groups is 1. The highest BCUT2D eigenvalue weighted by Gasteiger charge is 2.02. The van der Waals surface area contributed by atoms with E-state index in [0.717, 1.165) is 0 Å². The molecule has 0 fully saturated rings. The quantitative estimate of drug-likeness (QED) is 0.815. The van der Waals surface area contributed by atoms with E-state index in [4.69, 9.17) is 9.47 Å². The summed E-state index contributed by atoms with van der Waals surface area (Å²) in [6.07, 6.45) is 1.65. The number of ether oxygens (including phenoxy) is 2. The van der Waals surface area contributed by atoms with Crippen molar-refractivity contribution >= 4 is 5.91 Å². The molecule has 6 heteroatoms. The lowest BCUT2D eigenvalue weighted by Crippen LogP contribution is -2.27. The summed E-state index contributed by atoms with van der Waals surface area (Å²) < 4.78 is 10.8. The molecule has 0 saturated heterocycles. The Bertz CT molecular complexity index is 543. The molecule has 1 heterocycles. The van der Waals surface area contributed by atoms with Gasteiger partial charge in [-0.15, -0.1) is 0 Å². The highest BCUT2D eigenvalue weighted by molar-refractivity contribution is 5.76. The van der Waals surface area contributed by atoms with E-state index in [1.54, 1.807) is 36.5 Å². The Balaban J connectivity index is 1.88. The fraction of sp³-hybridized carbons (Fsp3) is 0.143. The van der Waals surface area contributed by atoms with Crippen molar-refractivity contribution in [3.63, 3.8) is 0 Å². The zero-order valence-electron chi connectivity index (χ0n) is 10.9. The lowest BCUT2D eigenvalue weighted by Gasteiger charge is -2.07. The molecule has 2 rings (SSSR count). The molecule has 104 valence electrons. The highest BCUT2D eigenvalue weighted by Crippen LogP contribution is 2.21. The van der Waals surface area contributed by atoms with E-state index in [2.05, 4.69) is 15.3 Å². The van der Waals surface area contributed by atoms with E-state index >= 15 is 0 Å². The maximum atomic E-state index is 11.1. The molecule has 0 aliphatic rings. The van der Waals surface area contributed by atoms with Gasteiger partial charge in [-0.3, -0.25) is 9.63 Å². The van der Waals surface area contributed by atoms with Crippen LogP contribution in [0.1, 0.15) is 0 Å². The van der Waals surface area contributed by atoms with Gasteiger partial charge in [0, 0.05) is 12.3 Å². The third-order valence-electron chi connectivity index (χ3n) is 2.27. The van der Waals surface area contributed by atoms with Crippen LogP contribution in [0.5, 0.6) is 17.4 Å². The fourth-order valence-corrected chi connectivity index (χ4v) is 1.42. The second-order valence-electron chi connectivity index (χ2n) is 3.76. The van der Waals surface area contributed by atoms with Crippen LogP contribution in [0.25, 0.3) is 0 Å². The Morgan fingerprint density at radius 2 is 1.90 bits per heavy atom. The third kappa shape index (κ3) is 4.25. The largest absolute Gasteiger partial charge is 0.484 e. The van der Waals surface area contributed by atoms with Crippen molar-refractivity contribution in [2.45, 2.75) is 0 Å². The molecular weight excluding hydrogens is 260 g/mol. The van der Waals surface area contributed by atoms with E-state index in [0.29, 0.717) is 17.4 Å². The smallest absolute Gasteiger partial charge is 0.281 e. The summed E-state index contributed by atoms with van der Waals surface area (Å²) in [6, 6.07) is 12.3. The van der Waals surface area contributed by atoms with Crippen molar-refractivity contribution in [1.82, 2.24) is 10.5 Å². The molecule has 0 aliphatic heterocycles. The Kier molecular flexibility index (Phi) is 4.91. The topological polar surface area (TPSA) is 69.7 Å². The molecule has 1 aromatic heterocycles. The average Bonchev–Trinajstić information content (AvgIpc) is 2.48. The first kappa shape index (κ1) is 13.8. The van der Waals surface area contributed by atoms with E-state index in [9.17, 15) is 4.79 Å². The van der Waals surface area contributed by atoms with Crippen LogP contribution < -0.4 is 15.0 Å². The molecule has 0 radical (unpaired) electrons. The monoisotopic (exact) mass is 274 g/mol. The van der Waals surface area contributed by atoms with Crippen LogP contribution in [0.3, 0.4) is 0 Å². The maximum Gasteiger partial charge on any atom is 0.281 e. The van der Waals surface area contributed by atoms with Crippen LogP contribution in [-0.4, -0.2) is 24.6 Å². The Morgan fingerprint density at radius 3 is 2.55 bits per heavy atom. The highest BCUT2D eigenvalue weighted by atomic mass is 16.6. The number of hydrogen-bond acceptors (Lipinski definition) is 5. The molecule has 0 unspecified atom stereocenters. The predicted octanol–water partition coefficient (Wildman–Crippen LogP) is 1.93. The van der Waals surface area contributed by atoms with Crippen molar-refractivity contribution in [2.75, 3.05) is 13.7 Å². The van der Waals surface area contributed by atoms with Gasteiger partial charge in [0.05, 0.1) is 7.11 Å². The van der Waals surface area contributed by atoms with E-state index < -0.39 is 0 Å². The second-order valence-corrected chi connectivity index (χ2v) is 3.76. The number of aromatic nitrogens is 1. The standard InChI is InChI=1S/C14H14N2O4/c1-18-16-13(17)10-19-11-5-7-12(8-6-11)20-14-4-2-3-9-15-14/h2-9H,10H2,1H3,(H,16,17). The Morgan fingerprint density at radius 1 is 1.15 bits per heavy atom. The number of carbonyl (C=O) groups is 1. The minimum Gasteiger partial charge on any atom is -0.484 e. The first-order valence-electron chi connectivity index (χ1n) is 5.91. The number of pyridine rings is 1. The Labute approximate surface area is 116 Å². The number of hydrogen-bond donors (Lipinski definition) is 1. The van der Waals surface area contributed by atoms with Gasteiger partial charge in [0.15, 0.2) is 6.61 Å². The summed E-state index contributed by atoms with van der Waals surface area (Å²) in [7, 11) is 1.36. The molecule has 0 atom stereocenters. The molecule has 20 heavy (non-hydrogen) atoms. The zero-order chi connectivity index (χ0) is 14.2. The molecule has 0 spiro atoms. The number of rotatable bonds is 6. The molecule has 6 nitrogen and oxygen atoms in total. The first-order valence-corrected chi connectivity index (χ1v) is 5.91. The number of amides is 1. The number of nitrogens with zero attached hydrogens (tertiary/aromatic N) is 1. The Hall–Kier alpha value is -2.60. The van der Waals surface area contributed by atoms with Crippen LogP contribution in [0.15, 0.2) is 48.7 Å². The number of nitrogens with one attached hydrogen (secondary N) is 1. The van der Waals surface area contributed by atoms with Crippen molar-refractivity contribution in [3.8, 4) is 17.4 Å². The zero-order valence-corrected chi connectivity index (χ0v) is 10.9. The van der Waals surface area contributed by atoms with E-state index in [1.165, 1.54) is 7.11 Å². The maximum absolute atomic E-state index is 11.1. The summed E-state index contributed by atoms with van der Waals surface area (Å²) in [5, 5.41) is 0. The SMILES string of the molecule is CONC(=O)COc1ccc(Oc2ccccn2)cc1. The summed E-state index contributed by atoms with van der Waals surface area (Å²) >= 11 is 0. The van der Waals surface area contributed by atoms with Gasteiger partial charge in [-0.1, -0.05) is 6.07 Å². The summed E-state index contributed by atoms with van der Waals surface area (Å²) in [5.74, 6) is 1.35. The van der Waals surface area contributed by atoms with E-state index in [-0.39, 0.29) is 12.5 Å². The molecule has 1 N–H and O–H groups in total. The lowest BCUT2D eigenvalue weighted by atomic mass is 10.3. The molecule has 1 amide bonds. The van der Waals surface area contributed by atoms with Gasteiger partial charge in [-0.05, 0) is 30.3 Å². The van der Waals surface area contributed by atoms with Gasteiger partial charge >= 0.3 is 0 Å². The first-order chi connectivity index (χ1) is 9.78. The fourth-order valence-electron chi connectivity index (χ4n) is 1.42. The summed E-state index contributed by atoms with van der Waals surface area (Å²) in [6.45, 7) is -0.117. The molecule has 0 aliphatic carbocycles.